The lowest BCUT2D eigenvalue weighted by molar-refractivity contribution is 1.31. The van der Waals surface area contributed by atoms with Crippen LogP contribution in [-0.2, 0) is 0 Å². The molecule has 0 atom stereocenters. The van der Waals surface area contributed by atoms with E-state index in [1.165, 1.54) is 0 Å². The third kappa shape index (κ3) is 3.99. The van der Waals surface area contributed by atoms with Crippen LogP contribution in [0, 0.1) is 35.5 Å². The first-order valence-electron chi connectivity index (χ1n) is 10.4. The predicted molar refractivity (Wildman–Crippen MR) is 133 cm³/mol. The fourth-order valence-corrected chi connectivity index (χ4v) is 4.58. The van der Waals surface area contributed by atoms with Gasteiger partial charge in [0.1, 0.15) is 17.1 Å². The summed E-state index contributed by atoms with van der Waals surface area (Å²) in [6.07, 6.45) is 0. The van der Waals surface area contributed by atoms with Gasteiger partial charge in [0.25, 0.3) is 0 Å². The molecule has 4 aromatic carbocycles. The molecule has 4 rings (SSSR count). The molecule has 0 aliphatic carbocycles. The number of rotatable bonds is 6. The fraction of sp³-hybridized carbons (Fsp3) is 0.111. The van der Waals surface area contributed by atoms with Gasteiger partial charge in [0, 0.05) is 0 Å². The molecule has 6 nitrogen and oxygen atoms in total. The number of nitroso groups, excluding NO2 is 3. The van der Waals surface area contributed by atoms with E-state index in [0.717, 1.165) is 50.1 Å². The normalized spacial score (nSPS) is 10.6. The van der Waals surface area contributed by atoms with Crippen LogP contribution in [0.15, 0.2) is 88.3 Å². The van der Waals surface area contributed by atoms with Gasteiger partial charge in [-0.15, -0.1) is 14.7 Å². The molecule has 0 amide bonds. The fourth-order valence-electron chi connectivity index (χ4n) is 4.58. The maximum atomic E-state index is 10.9. The lowest BCUT2D eigenvalue weighted by atomic mass is 9.81. The van der Waals surface area contributed by atoms with Crippen LogP contribution in [0.3, 0.4) is 0 Å². The van der Waals surface area contributed by atoms with Crippen molar-refractivity contribution in [2.24, 2.45) is 15.5 Å². The molecular formula is C27H21N3O3. The van der Waals surface area contributed by atoms with Crippen LogP contribution in [0.4, 0.5) is 17.1 Å². The van der Waals surface area contributed by atoms with Gasteiger partial charge in [-0.25, -0.2) is 0 Å². The molecule has 0 saturated carbocycles. The van der Waals surface area contributed by atoms with Gasteiger partial charge in [0.05, 0.1) is 0 Å². The van der Waals surface area contributed by atoms with Crippen LogP contribution < -0.4 is 0 Å². The average Bonchev–Trinajstić information content (AvgIpc) is 2.85. The van der Waals surface area contributed by atoms with E-state index in [0.29, 0.717) is 17.1 Å². The van der Waals surface area contributed by atoms with Crippen molar-refractivity contribution in [1.29, 1.82) is 0 Å². The highest BCUT2D eigenvalue weighted by Gasteiger charge is 2.20. The SMILES string of the molecule is Cc1c(-c2ccc(N=O)cc2)c(C)c(-c2ccc(N=O)cc2)c(C)c1-c1ccc(N=O)cc1. The van der Waals surface area contributed by atoms with E-state index in [4.69, 9.17) is 0 Å². The second-order valence-electron chi connectivity index (χ2n) is 7.91. The molecule has 0 N–H and O–H groups in total. The van der Waals surface area contributed by atoms with Crippen molar-refractivity contribution in [2.75, 3.05) is 0 Å². The molecule has 0 radical (unpaired) electrons. The van der Waals surface area contributed by atoms with Gasteiger partial charge < -0.3 is 0 Å². The molecule has 0 bridgehead atoms. The van der Waals surface area contributed by atoms with E-state index in [9.17, 15) is 14.7 Å². The van der Waals surface area contributed by atoms with Crippen LogP contribution in [0.25, 0.3) is 33.4 Å². The average molecular weight is 435 g/mol. The first-order chi connectivity index (χ1) is 16.0. The Labute approximate surface area is 191 Å². The molecular weight excluding hydrogens is 414 g/mol. The first kappa shape index (κ1) is 21.9. The van der Waals surface area contributed by atoms with Crippen LogP contribution in [-0.4, -0.2) is 0 Å². The van der Waals surface area contributed by atoms with Crippen LogP contribution in [0.1, 0.15) is 16.7 Å². The van der Waals surface area contributed by atoms with E-state index in [-0.39, 0.29) is 0 Å². The molecule has 0 heterocycles. The summed E-state index contributed by atoms with van der Waals surface area (Å²) < 4.78 is 0. The summed E-state index contributed by atoms with van der Waals surface area (Å²) in [5.41, 5.74) is 10.4. The van der Waals surface area contributed by atoms with Crippen LogP contribution in [0.2, 0.25) is 0 Å². The molecule has 0 saturated heterocycles. The molecule has 0 aromatic heterocycles. The van der Waals surface area contributed by atoms with E-state index >= 15 is 0 Å². The minimum atomic E-state index is 0.371. The zero-order valence-corrected chi connectivity index (χ0v) is 18.5. The summed E-state index contributed by atoms with van der Waals surface area (Å²) in [5, 5.41) is 9.03. The van der Waals surface area contributed by atoms with Gasteiger partial charge in [-0.1, -0.05) is 36.4 Å². The van der Waals surface area contributed by atoms with Gasteiger partial charge >= 0.3 is 0 Å². The molecule has 0 fully saturated rings. The Morgan fingerprint density at radius 2 is 0.606 bits per heavy atom. The van der Waals surface area contributed by atoms with Crippen molar-refractivity contribution < 1.29 is 0 Å². The lowest BCUT2D eigenvalue weighted by Crippen LogP contribution is -2.00. The molecule has 0 spiro atoms. The number of benzene rings is 4. The quantitative estimate of drug-likeness (QED) is 0.283. The maximum Gasteiger partial charge on any atom is 0.108 e. The highest BCUT2D eigenvalue weighted by molar-refractivity contribution is 5.91. The summed E-state index contributed by atoms with van der Waals surface area (Å²) in [6, 6.07) is 21.6. The van der Waals surface area contributed by atoms with E-state index in [1.54, 1.807) is 36.4 Å². The van der Waals surface area contributed by atoms with Crippen molar-refractivity contribution in [3.8, 4) is 33.4 Å². The minimum Gasteiger partial charge on any atom is -0.145 e. The Morgan fingerprint density at radius 1 is 0.394 bits per heavy atom. The topological polar surface area (TPSA) is 88.3 Å². The molecule has 33 heavy (non-hydrogen) atoms. The second-order valence-corrected chi connectivity index (χ2v) is 7.91. The largest absolute Gasteiger partial charge is 0.145 e. The highest BCUT2D eigenvalue weighted by Crippen LogP contribution is 2.44. The number of hydrogen-bond acceptors (Lipinski definition) is 6. The molecule has 0 aliphatic rings. The summed E-state index contributed by atoms with van der Waals surface area (Å²) in [5.74, 6) is 0. The van der Waals surface area contributed by atoms with E-state index in [2.05, 4.69) is 36.3 Å². The van der Waals surface area contributed by atoms with Gasteiger partial charge in [0.2, 0.25) is 0 Å². The van der Waals surface area contributed by atoms with Gasteiger partial charge in [-0.2, -0.15) is 0 Å². The molecule has 6 heteroatoms. The van der Waals surface area contributed by atoms with Crippen LogP contribution >= 0.6 is 0 Å². The standard InChI is InChI=1S/C27H21N3O3/c1-16-25(19-4-10-22(28-31)11-5-19)17(2)27(21-8-14-24(30-33)15-9-21)18(3)26(16)20-6-12-23(29-32)13-7-20/h4-15H,1-3H3. The lowest BCUT2D eigenvalue weighted by Gasteiger charge is -2.23. The van der Waals surface area contributed by atoms with Crippen molar-refractivity contribution in [3.63, 3.8) is 0 Å². The number of nitrogens with zero attached hydrogens (tertiary/aromatic N) is 3. The summed E-state index contributed by atoms with van der Waals surface area (Å²) in [4.78, 5) is 32.7. The summed E-state index contributed by atoms with van der Waals surface area (Å²) in [7, 11) is 0. The summed E-state index contributed by atoms with van der Waals surface area (Å²) >= 11 is 0. The third-order valence-corrected chi connectivity index (χ3v) is 6.03. The Morgan fingerprint density at radius 3 is 0.788 bits per heavy atom. The zero-order valence-electron chi connectivity index (χ0n) is 18.5. The Balaban J connectivity index is 2.05. The van der Waals surface area contributed by atoms with Gasteiger partial charge in [0.15, 0.2) is 0 Å². The van der Waals surface area contributed by atoms with Crippen molar-refractivity contribution in [1.82, 2.24) is 0 Å². The predicted octanol–water partition coefficient (Wildman–Crippen LogP) is 8.81. The highest BCUT2D eigenvalue weighted by atomic mass is 16.3. The molecule has 0 unspecified atom stereocenters. The van der Waals surface area contributed by atoms with E-state index < -0.39 is 0 Å². The Bertz CT molecular complexity index is 1170. The molecule has 0 aliphatic heterocycles. The summed E-state index contributed by atoms with van der Waals surface area (Å²) in [6.45, 7) is 6.23. The zero-order chi connectivity index (χ0) is 23.5. The minimum absolute atomic E-state index is 0.371. The third-order valence-electron chi connectivity index (χ3n) is 6.03. The molecule has 4 aromatic rings. The van der Waals surface area contributed by atoms with Gasteiger partial charge in [-0.3, -0.25) is 0 Å². The van der Waals surface area contributed by atoms with E-state index in [1.807, 2.05) is 36.4 Å². The first-order valence-corrected chi connectivity index (χ1v) is 10.4. The second kappa shape index (κ2) is 9.04. The number of hydrogen-bond donors (Lipinski definition) is 0. The monoisotopic (exact) mass is 435 g/mol. The molecule has 162 valence electrons. The van der Waals surface area contributed by atoms with Crippen molar-refractivity contribution in [2.45, 2.75) is 20.8 Å². The van der Waals surface area contributed by atoms with Crippen LogP contribution in [0.5, 0.6) is 0 Å². The Hall–Kier alpha value is -4.32. The maximum absolute atomic E-state index is 10.9. The van der Waals surface area contributed by atoms with Crippen molar-refractivity contribution in [3.05, 3.63) is 104 Å². The van der Waals surface area contributed by atoms with Crippen molar-refractivity contribution >= 4 is 17.1 Å². The van der Waals surface area contributed by atoms with Gasteiger partial charge in [-0.05, 0) is 123 Å². The smallest absolute Gasteiger partial charge is 0.108 e. The Kier molecular flexibility index (Phi) is 6.00.